The van der Waals surface area contributed by atoms with Gasteiger partial charge in [0.05, 0.1) is 5.54 Å². The van der Waals surface area contributed by atoms with E-state index >= 15 is 0 Å². The lowest BCUT2D eigenvalue weighted by atomic mass is 9.95. The molecule has 0 heterocycles. The molecule has 0 aromatic heterocycles. The van der Waals surface area contributed by atoms with Gasteiger partial charge in [-0.3, -0.25) is 4.79 Å². The zero-order valence-electron chi connectivity index (χ0n) is 13.0. The van der Waals surface area contributed by atoms with E-state index in [1.165, 1.54) is 5.56 Å². The number of carbonyl (C=O) groups is 1. The molecule has 110 valence electrons. The van der Waals surface area contributed by atoms with Crippen LogP contribution >= 0.6 is 0 Å². The van der Waals surface area contributed by atoms with Crippen LogP contribution in [-0.2, 0) is 11.3 Å². The van der Waals surface area contributed by atoms with Crippen LogP contribution in [0.25, 0.3) is 0 Å². The minimum atomic E-state index is -0.702. The Balaban J connectivity index is 2.00. The van der Waals surface area contributed by atoms with Gasteiger partial charge in [-0.2, -0.15) is 0 Å². The highest BCUT2D eigenvalue weighted by molar-refractivity contribution is 5.86. The highest BCUT2D eigenvalue weighted by atomic mass is 16.2. The van der Waals surface area contributed by atoms with Crippen molar-refractivity contribution in [1.82, 2.24) is 4.90 Å². The number of hydrogen-bond acceptors (Lipinski definition) is 2. The Morgan fingerprint density at radius 1 is 1.35 bits per heavy atom. The minimum Gasteiger partial charge on any atom is -0.340 e. The first kappa shape index (κ1) is 15.0. The number of likely N-dealkylation sites (N-methyl/N-ethyl adjacent to an activating group) is 1. The van der Waals surface area contributed by atoms with Crippen LogP contribution in [0.5, 0.6) is 0 Å². The number of hydrogen-bond donors (Lipinski definition) is 1. The van der Waals surface area contributed by atoms with Crippen LogP contribution in [0, 0.1) is 5.92 Å². The van der Waals surface area contributed by atoms with Gasteiger partial charge in [-0.15, -0.1) is 0 Å². The summed E-state index contributed by atoms with van der Waals surface area (Å²) in [5.41, 5.74) is 7.96. The van der Waals surface area contributed by atoms with Gasteiger partial charge in [-0.25, -0.2) is 0 Å². The molecule has 0 saturated heterocycles. The third-order valence-electron chi connectivity index (χ3n) is 4.30. The molecule has 2 rings (SSSR count). The van der Waals surface area contributed by atoms with Crippen molar-refractivity contribution in [3.8, 4) is 0 Å². The lowest BCUT2D eigenvalue weighted by Gasteiger charge is -2.29. The number of nitrogens with zero attached hydrogens (tertiary/aromatic N) is 1. The molecule has 1 aromatic rings. The molecule has 2 N–H and O–H groups in total. The third kappa shape index (κ3) is 3.21. The van der Waals surface area contributed by atoms with Gasteiger partial charge in [0.2, 0.25) is 5.91 Å². The molecule has 0 spiro atoms. The molecular formula is C17H26N2O. The first-order valence-electron chi connectivity index (χ1n) is 7.45. The number of rotatable bonds is 5. The van der Waals surface area contributed by atoms with E-state index in [0.29, 0.717) is 18.4 Å². The quantitative estimate of drug-likeness (QED) is 0.897. The summed E-state index contributed by atoms with van der Waals surface area (Å²) in [6.07, 6.45) is 2.16. The van der Waals surface area contributed by atoms with E-state index in [-0.39, 0.29) is 5.91 Å². The molecule has 1 fully saturated rings. The normalized spacial score (nSPS) is 17.9. The molecule has 3 heteroatoms. The van der Waals surface area contributed by atoms with Gasteiger partial charge >= 0.3 is 0 Å². The van der Waals surface area contributed by atoms with Crippen molar-refractivity contribution < 1.29 is 4.79 Å². The van der Waals surface area contributed by atoms with E-state index < -0.39 is 5.54 Å². The Bertz CT molecular complexity index is 472. The molecule has 1 saturated carbocycles. The summed E-state index contributed by atoms with van der Waals surface area (Å²) >= 11 is 0. The van der Waals surface area contributed by atoms with E-state index in [0.717, 1.165) is 18.4 Å². The fraction of sp³-hybridized carbons (Fsp3) is 0.588. The van der Waals surface area contributed by atoms with E-state index in [9.17, 15) is 4.79 Å². The Morgan fingerprint density at radius 2 is 1.90 bits per heavy atom. The fourth-order valence-corrected chi connectivity index (χ4v) is 2.62. The predicted molar refractivity (Wildman–Crippen MR) is 82.3 cm³/mol. The van der Waals surface area contributed by atoms with E-state index in [2.05, 4.69) is 38.1 Å². The van der Waals surface area contributed by atoms with Crippen LogP contribution in [-0.4, -0.2) is 23.4 Å². The second-order valence-electron chi connectivity index (χ2n) is 6.61. The van der Waals surface area contributed by atoms with Gasteiger partial charge in [-0.05, 0) is 42.7 Å². The topological polar surface area (TPSA) is 46.3 Å². The molecule has 1 aromatic carbocycles. The van der Waals surface area contributed by atoms with Gasteiger partial charge in [0, 0.05) is 13.6 Å². The Kier molecular flexibility index (Phi) is 4.19. The Labute approximate surface area is 122 Å². The largest absolute Gasteiger partial charge is 0.340 e. The zero-order valence-corrected chi connectivity index (χ0v) is 13.0. The van der Waals surface area contributed by atoms with Crippen LogP contribution in [0.2, 0.25) is 0 Å². The molecule has 20 heavy (non-hydrogen) atoms. The average Bonchev–Trinajstić information content (AvgIpc) is 3.22. The zero-order chi connectivity index (χ0) is 14.9. The van der Waals surface area contributed by atoms with Crippen LogP contribution in [0.3, 0.4) is 0 Å². The average molecular weight is 274 g/mol. The molecule has 1 aliphatic rings. The number of benzene rings is 1. The van der Waals surface area contributed by atoms with E-state index in [4.69, 9.17) is 5.73 Å². The molecule has 1 unspecified atom stereocenters. The van der Waals surface area contributed by atoms with Gasteiger partial charge in [0.1, 0.15) is 0 Å². The van der Waals surface area contributed by atoms with Crippen molar-refractivity contribution in [3.63, 3.8) is 0 Å². The standard InChI is InChI=1S/C17H26N2O/c1-12(2)14-7-5-13(6-8-14)11-19(4)16(20)17(3,18)15-9-10-15/h5-8,12,15H,9-11,18H2,1-4H3. The molecule has 0 bridgehead atoms. The van der Waals surface area contributed by atoms with Gasteiger partial charge in [0.15, 0.2) is 0 Å². The van der Waals surface area contributed by atoms with Gasteiger partial charge < -0.3 is 10.6 Å². The van der Waals surface area contributed by atoms with Gasteiger partial charge in [-0.1, -0.05) is 38.1 Å². The maximum absolute atomic E-state index is 12.4. The van der Waals surface area contributed by atoms with E-state index in [1.807, 2.05) is 14.0 Å². The summed E-state index contributed by atoms with van der Waals surface area (Å²) in [4.78, 5) is 14.2. The third-order valence-corrected chi connectivity index (χ3v) is 4.30. The van der Waals surface area contributed by atoms with Crippen molar-refractivity contribution in [1.29, 1.82) is 0 Å². The number of nitrogens with two attached hydrogens (primary N) is 1. The molecule has 1 aliphatic carbocycles. The lowest BCUT2D eigenvalue weighted by molar-refractivity contribution is -0.136. The summed E-state index contributed by atoms with van der Waals surface area (Å²) in [7, 11) is 1.84. The van der Waals surface area contributed by atoms with Crippen molar-refractivity contribution >= 4 is 5.91 Å². The summed E-state index contributed by atoms with van der Waals surface area (Å²) in [5.74, 6) is 0.944. The lowest BCUT2D eigenvalue weighted by Crippen LogP contribution is -2.53. The van der Waals surface area contributed by atoms with Crippen LogP contribution in [0.15, 0.2) is 24.3 Å². The highest BCUT2D eigenvalue weighted by Gasteiger charge is 2.45. The maximum Gasteiger partial charge on any atom is 0.242 e. The minimum absolute atomic E-state index is 0.0490. The van der Waals surface area contributed by atoms with Crippen molar-refractivity contribution in [2.75, 3.05) is 7.05 Å². The summed E-state index contributed by atoms with van der Waals surface area (Å²) in [5, 5.41) is 0. The fourth-order valence-electron chi connectivity index (χ4n) is 2.62. The van der Waals surface area contributed by atoms with E-state index in [1.54, 1.807) is 4.90 Å². The smallest absolute Gasteiger partial charge is 0.242 e. The first-order chi connectivity index (χ1) is 9.32. The highest BCUT2D eigenvalue weighted by Crippen LogP contribution is 2.38. The second-order valence-corrected chi connectivity index (χ2v) is 6.61. The van der Waals surface area contributed by atoms with Gasteiger partial charge in [0.25, 0.3) is 0 Å². The Morgan fingerprint density at radius 3 is 2.35 bits per heavy atom. The van der Waals surface area contributed by atoms with Crippen molar-refractivity contribution in [2.24, 2.45) is 11.7 Å². The molecule has 0 aliphatic heterocycles. The molecule has 1 atom stereocenters. The molecule has 1 amide bonds. The van der Waals surface area contributed by atoms with Crippen molar-refractivity contribution in [2.45, 2.75) is 51.6 Å². The van der Waals surface area contributed by atoms with Crippen molar-refractivity contribution in [3.05, 3.63) is 35.4 Å². The monoisotopic (exact) mass is 274 g/mol. The molecular weight excluding hydrogens is 248 g/mol. The predicted octanol–water partition coefficient (Wildman–Crippen LogP) is 2.90. The Hall–Kier alpha value is -1.35. The maximum atomic E-state index is 12.4. The first-order valence-corrected chi connectivity index (χ1v) is 7.45. The molecule has 3 nitrogen and oxygen atoms in total. The SMILES string of the molecule is CC(C)c1ccc(CN(C)C(=O)C(C)(N)C2CC2)cc1. The molecule has 0 radical (unpaired) electrons. The van der Waals surface area contributed by atoms with Crippen LogP contribution < -0.4 is 5.73 Å². The van der Waals surface area contributed by atoms with Crippen LogP contribution in [0.1, 0.15) is 50.7 Å². The summed E-state index contributed by atoms with van der Waals surface area (Å²) in [6, 6.07) is 8.48. The second kappa shape index (κ2) is 5.57. The number of amides is 1. The summed E-state index contributed by atoms with van der Waals surface area (Å²) in [6.45, 7) is 6.85. The van der Waals surface area contributed by atoms with Crippen LogP contribution in [0.4, 0.5) is 0 Å². The number of carbonyl (C=O) groups excluding carboxylic acids is 1. The summed E-state index contributed by atoms with van der Waals surface area (Å²) < 4.78 is 0.